The first kappa shape index (κ1) is 13.9. The van der Waals surface area contributed by atoms with Gasteiger partial charge in [-0.3, -0.25) is 0 Å². The molecule has 1 heterocycles. The van der Waals surface area contributed by atoms with Gasteiger partial charge < -0.3 is 15.1 Å². The molecule has 1 fully saturated rings. The molecule has 0 aromatic heterocycles. The first-order chi connectivity index (χ1) is 7.67. The zero-order valence-electron chi connectivity index (χ0n) is 11.5. The monoisotopic (exact) mass is 227 g/mol. The van der Waals surface area contributed by atoms with Crippen LogP contribution in [-0.2, 0) is 0 Å². The van der Waals surface area contributed by atoms with Gasteiger partial charge in [0, 0.05) is 25.2 Å². The van der Waals surface area contributed by atoms with Crippen LogP contribution >= 0.6 is 0 Å². The van der Waals surface area contributed by atoms with Crippen LogP contribution in [0.15, 0.2) is 0 Å². The van der Waals surface area contributed by atoms with Crippen molar-refractivity contribution in [2.45, 2.75) is 44.7 Å². The minimum atomic E-state index is 0.655. The molecule has 16 heavy (non-hydrogen) atoms. The Morgan fingerprint density at radius 3 is 2.81 bits per heavy atom. The van der Waals surface area contributed by atoms with E-state index < -0.39 is 0 Å². The van der Waals surface area contributed by atoms with Crippen molar-refractivity contribution in [3.63, 3.8) is 0 Å². The molecule has 3 heteroatoms. The smallest absolute Gasteiger partial charge is 0.0221 e. The van der Waals surface area contributed by atoms with Crippen LogP contribution in [0.4, 0.5) is 0 Å². The molecule has 1 rings (SSSR count). The molecule has 0 aliphatic carbocycles. The van der Waals surface area contributed by atoms with Crippen LogP contribution in [-0.4, -0.2) is 62.7 Å². The molecular weight excluding hydrogens is 198 g/mol. The minimum absolute atomic E-state index is 0.655. The number of likely N-dealkylation sites (tertiary alicyclic amines) is 1. The van der Waals surface area contributed by atoms with Crippen molar-refractivity contribution in [3.05, 3.63) is 0 Å². The number of piperidine rings is 1. The summed E-state index contributed by atoms with van der Waals surface area (Å²) in [6, 6.07) is 1.41. The van der Waals surface area contributed by atoms with Crippen molar-refractivity contribution in [3.8, 4) is 0 Å². The van der Waals surface area contributed by atoms with Crippen LogP contribution in [0.2, 0.25) is 0 Å². The number of hydrogen-bond acceptors (Lipinski definition) is 3. The van der Waals surface area contributed by atoms with Crippen LogP contribution in [0.5, 0.6) is 0 Å². The largest absolute Gasteiger partial charge is 0.316 e. The van der Waals surface area contributed by atoms with Crippen LogP contribution in [0, 0.1) is 0 Å². The SMILES string of the molecule is CCCC(CN(C)C1CCCN(C)C1)NC. The van der Waals surface area contributed by atoms with Crippen molar-refractivity contribution in [1.82, 2.24) is 15.1 Å². The van der Waals surface area contributed by atoms with Crippen molar-refractivity contribution >= 4 is 0 Å². The first-order valence-electron chi connectivity index (χ1n) is 6.73. The molecule has 2 unspecified atom stereocenters. The van der Waals surface area contributed by atoms with E-state index in [4.69, 9.17) is 0 Å². The summed E-state index contributed by atoms with van der Waals surface area (Å²) < 4.78 is 0. The number of nitrogens with zero attached hydrogens (tertiary/aromatic N) is 2. The van der Waals surface area contributed by atoms with E-state index in [0.29, 0.717) is 6.04 Å². The highest BCUT2D eigenvalue weighted by Gasteiger charge is 2.22. The van der Waals surface area contributed by atoms with E-state index in [1.54, 1.807) is 0 Å². The maximum Gasteiger partial charge on any atom is 0.0221 e. The summed E-state index contributed by atoms with van der Waals surface area (Å²) in [6.07, 6.45) is 5.26. The lowest BCUT2D eigenvalue weighted by Crippen LogP contribution is -2.49. The fourth-order valence-corrected chi connectivity index (χ4v) is 2.67. The van der Waals surface area contributed by atoms with Gasteiger partial charge in [0.1, 0.15) is 0 Å². The van der Waals surface area contributed by atoms with E-state index in [1.807, 2.05) is 0 Å². The third kappa shape index (κ3) is 4.40. The molecule has 96 valence electrons. The highest BCUT2D eigenvalue weighted by Crippen LogP contribution is 2.14. The maximum atomic E-state index is 3.43. The van der Waals surface area contributed by atoms with Crippen LogP contribution in [0.25, 0.3) is 0 Å². The fraction of sp³-hybridized carbons (Fsp3) is 1.00. The number of rotatable bonds is 6. The zero-order chi connectivity index (χ0) is 12.0. The van der Waals surface area contributed by atoms with Gasteiger partial charge in [0.15, 0.2) is 0 Å². The Kier molecular flexibility index (Phi) is 6.32. The van der Waals surface area contributed by atoms with Gasteiger partial charge >= 0.3 is 0 Å². The summed E-state index contributed by atoms with van der Waals surface area (Å²) >= 11 is 0. The lowest BCUT2D eigenvalue weighted by molar-refractivity contribution is 0.125. The molecule has 1 aliphatic rings. The van der Waals surface area contributed by atoms with E-state index in [0.717, 1.165) is 6.04 Å². The highest BCUT2D eigenvalue weighted by molar-refractivity contribution is 4.80. The van der Waals surface area contributed by atoms with Crippen LogP contribution in [0.3, 0.4) is 0 Å². The Balaban J connectivity index is 2.34. The molecule has 0 aromatic rings. The predicted octanol–water partition coefficient (Wildman–Crippen LogP) is 1.40. The summed E-state index contributed by atoms with van der Waals surface area (Å²) in [5, 5.41) is 3.43. The van der Waals surface area contributed by atoms with Gasteiger partial charge in [-0.05, 0) is 47.0 Å². The topological polar surface area (TPSA) is 18.5 Å². The maximum absolute atomic E-state index is 3.43. The van der Waals surface area contributed by atoms with E-state index in [9.17, 15) is 0 Å². The summed E-state index contributed by atoms with van der Waals surface area (Å²) in [5.74, 6) is 0. The Bertz CT molecular complexity index is 184. The Morgan fingerprint density at radius 1 is 1.50 bits per heavy atom. The van der Waals surface area contributed by atoms with Gasteiger partial charge in [0.25, 0.3) is 0 Å². The van der Waals surface area contributed by atoms with Gasteiger partial charge in [0.2, 0.25) is 0 Å². The minimum Gasteiger partial charge on any atom is -0.316 e. The molecule has 0 amide bonds. The summed E-state index contributed by atoms with van der Waals surface area (Å²) in [6.45, 7) is 5.95. The highest BCUT2D eigenvalue weighted by atomic mass is 15.2. The van der Waals surface area contributed by atoms with Crippen LogP contribution in [0.1, 0.15) is 32.6 Å². The summed E-state index contributed by atoms with van der Waals surface area (Å²) in [4.78, 5) is 5.01. The van der Waals surface area contributed by atoms with Crippen molar-refractivity contribution in [2.24, 2.45) is 0 Å². The fourth-order valence-electron chi connectivity index (χ4n) is 2.67. The Morgan fingerprint density at radius 2 is 2.25 bits per heavy atom. The second-order valence-corrected chi connectivity index (χ2v) is 5.27. The molecular formula is C13H29N3. The van der Waals surface area contributed by atoms with E-state index >= 15 is 0 Å². The molecule has 2 atom stereocenters. The second-order valence-electron chi connectivity index (χ2n) is 5.27. The summed E-state index contributed by atoms with van der Waals surface area (Å²) in [5.41, 5.74) is 0. The van der Waals surface area contributed by atoms with Crippen LogP contribution < -0.4 is 5.32 Å². The number of likely N-dealkylation sites (N-methyl/N-ethyl adjacent to an activating group) is 3. The van der Waals surface area contributed by atoms with Gasteiger partial charge in [-0.25, -0.2) is 0 Å². The van der Waals surface area contributed by atoms with Gasteiger partial charge in [0.05, 0.1) is 0 Å². The molecule has 1 N–H and O–H groups in total. The predicted molar refractivity (Wildman–Crippen MR) is 70.9 cm³/mol. The van der Waals surface area contributed by atoms with Gasteiger partial charge in [-0.1, -0.05) is 13.3 Å². The first-order valence-corrected chi connectivity index (χ1v) is 6.73. The molecule has 1 saturated heterocycles. The third-order valence-corrected chi connectivity index (χ3v) is 3.78. The van der Waals surface area contributed by atoms with Crippen molar-refractivity contribution in [1.29, 1.82) is 0 Å². The lowest BCUT2D eigenvalue weighted by Gasteiger charge is -2.37. The zero-order valence-corrected chi connectivity index (χ0v) is 11.5. The van der Waals surface area contributed by atoms with Crippen molar-refractivity contribution < 1.29 is 0 Å². The normalized spacial score (nSPS) is 24.9. The molecule has 1 aliphatic heterocycles. The second kappa shape index (κ2) is 7.25. The van der Waals surface area contributed by atoms with E-state index in [-0.39, 0.29) is 0 Å². The van der Waals surface area contributed by atoms with Gasteiger partial charge in [-0.2, -0.15) is 0 Å². The standard InChI is InChI=1S/C13H29N3/c1-5-7-12(14-2)10-16(4)13-8-6-9-15(3)11-13/h12-14H,5-11H2,1-4H3. The molecule has 0 radical (unpaired) electrons. The molecule has 0 bridgehead atoms. The Labute approximate surface area is 101 Å². The molecule has 0 aromatic carbocycles. The lowest BCUT2D eigenvalue weighted by atomic mass is 10.0. The average Bonchev–Trinajstić information content (AvgIpc) is 2.28. The van der Waals surface area contributed by atoms with Crippen molar-refractivity contribution in [2.75, 3.05) is 40.8 Å². The molecule has 3 nitrogen and oxygen atoms in total. The molecule has 0 saturated carbocycles. The third-order valence-electron chi connectivity index (χ3n) is 3.78. The summed E-state index contributed by atoms with van der Waals surface area (Å²) in [7, 11) is 6.60. The van der Waals surface area contributed by atoms with E-state index in [1.165, 1.54) is 45.3 Å². The molecule has 0 spiro atoms. The van der Waals surface area contributed by atoms with E-state index in [2.05, 4.69) is 43.2 Å². The quantitative estimate of drug-likeness (QED) is 0.740. The number of nitrogens with one attached hydrogen (secondary N) is 1. The average molecular weight is 227 g/mol. The Hall–Kier alpha value is -0.120. The van der Waals surface area contributed by atoms with Gasteiger partial charge in [-0.15, -0.1) is 0 Å². The number of hydrogen-bond donors (Lipinski definition) is 1.